The minimum Gasteiger partial charge on any atom is -0.386 e. The zero-order chi connectivity index (χ0) is 18.4. The number of nitrogens with zero attached hydrogens (tertiary/aromatic N) is 3. The lowest BCUT2D eigenvalue weighted by molar-refractivity contribution is -0.0355. The van der Waals surface area contributed by atoms with Crippen molar-refractivity contribution in [3.8, 4) is 0 Å². The molecule has 1 aliphatic rings. The van der Waals surface area contributed by atoms with E-state index in [9.17, 15) is 19.4 Å². The number of fused-ring (bicyclic) bond motifs is 1. The molecule has 0 aromatic carbocycles. The topological polar surface area (TPSA) is 175 Å². The summed E-state index contributed by atoms with van der Waals surface area (Å²) < 4.78 is 28.2. The summed E-state index contributed by atoms with van der Waals surface area (Å²) in [5.74, 6) is -0.120. The molecular weight excluding hydrogens is 357 g/mol. The first-order valence-electron chi connectivity index (χ1n) is 7.40. The van der Waals surface area contributed by atoms with Gasteiger partial charge in [-0.1, -0.05) is 6.92 Å². The average Bonchev–Trinajstić information content (AvgIpc) is 3.09. The standard InChI is InChI=1S/C12H18N5O7P/c1-3-5-8(24-25(20,21)22-2)7(18)11(23-5)17-4-14-6-9(17)15-12(13)16-10(6)19/h4-5,7-8,11,18H,3H2,1-2H3,(H,20,21)(H3,13,15,16,19)/t5-,7?,8?,11-/m1/s1. The van der Waals surface area contributed by atoms with Crippen LogP contribution in [0.15, 0.2) is 11.1 Å². The fourth-order valence-electron chi connectivity index (χ4n) is 2.73. The molecule has 2 aromatic heterocycles. The predicted octanol–water partition coefficient (Wildman–Crippen LogP) is -0.498. The largest absolute Gasteiger partial charge is 0.472 e. The maximum atomic E-state index is 11.9. The quantitative estimate of drug-likeness (QED) is 0.499. The number of nitrogen functional groups attached to an aromatic ring is 1. The molecule has 5 atom stereocenters. The number of aromatic amines is 1. The van der Waals surface area contributed by atoms with Crippen molar-refractivity contribution in [1.29, 1.82) is 0 Å². The van der Waals surface area contributed by atoms with Crippen LogP contribution in [0, 0.1) is 0 Å². The van der Waals surface area contributed by atoms with Crippen LogP contribution in [0.1, 0.15) is 19.6 Å². The van der Waals surface area contributed by atoms with E-state index in [4.69, 9.17) is 15.0 Å². The van der Waals surface area contributed by atoms with Gasteiger partial charge in [-0.2, -0.15) is 4.98 Å². The Morgan fingerprint density at radius 3 is 2.92 bits per heavy atom. The molecule has 2 aromatic rings. The van der Waals surface area contributed by atoms with Crippen molar-refractivity contribution < 1.29 is 28.3 Å². The van der Waals surface area contributed by atoms with Crippen LogP contribution < -0.4 is 11.3 Å². The summed E-state index contributed by atoms with van der Waals surface area (Å²) in [6.07, 6.45) is -2.52. The molecule has 138 valence electrons. The zero-order valence-electron chi connectivity index (χ0n) is 13.4. The number of aliphatic hydroxyl groups is 1. The van der Waals surface area contributed by atoms with Crippen molar-refractivity contribution in [2.75, 3.05) is 12.8 Å². The Hall–Kier alpha value is -1.82. The van der Waals surface area contributed by atoms with E-state index in [0.717, 1.165) is 7.11 Å². The highest BCUT2D eigenvalue weighted by molar-refractivity contribution is 7.47. The van der Waals surface area contributed by atoms with Crippen molar-refractivity contribution in [3.63, 3.8) is 0 Å². The van der Waals surface area contributed by atoms with Crippen molar-refractivity contribution in [2.45, 2.75) is 37.9 Å². The predicted molar refractivity (Wildman–Crippen MR) is 84.5 cm³/mol. The van der Waals surface area contributed by atoms with E-state index in [1.54, 1.807) is 6.92 Å². The van der Waals surface area contributed by atoms with Gasteiger partial charge in [0.2, 0.25) is 5.95 Å². The van der Waals surface area contributed by atoms with E-state index in [-0.39, 0.29) is 17.1 Å². The second kappa shape index (κ2) is 6.48. The van der Waals surface area contributed by atoms with Gasteiger partial charge in [-0.25, -0.2) is 9.55 Å². The third-order valence-corrected chi connectivity index (χ3v) is 4.89. The smallest absolute Gasteiger partial charge is 0.386 e. The molecular formula is C12H18N5O7P. The summed E-state index contributed by atoms with van der Waals surface area (Å²) in [5, 5.41) is 10.5. The van der Waals surface area contributed by atoms with E-state index in [2.05, 4.69) is 19.5 Å². The fourth-order valence-corrected chi connectivity index (χ4v) is 3.39. The number of aliphatic hydroxyl groups excluding tert-OH is 1. The lowest BCUT2D eigenvalue weighted by Gasteiger charge is -2.21. The van der Waals surface area contributed by atoms with Gasteiger partial charge in [0.05, 0.1) is 12.4 Å². The number of ether oxygens (including phenoxy) is 1. The first kappa shape index (κ1) is 18.0. The van der Waals surface area contributed by atoms with Crippen molar-refractivity contribution in [3.05, 3.63) is 16.7 Å². The highest BCUT2D eigenvalue weighted by Gasteiger charge is 2.48. The van der Waals surface area contributed by atoms with Crippen LogP contribution in [-0.4, -0.2) is 54.9 Å². The molecule has 0 saturated carbocycles. The molecule has 0 aliphatic carbocycles. The molecule has 0 amide bonds. The number of nitrogens with two attached hydrogens (primary N) is 1. The van der Waals surface area contributed by atoms with Gasteiger partial charge in [0.1, 0.15) is 12.2 Å². The summed E-state index contributed by atoms with van der Waals surface area (Å²) in [6, 6.07) is 0. The molecule has 3 unspecified atom stereocenters. The molecule has 0 bridgehead atoms. The third kappa shape index (κ3) is 3.19. The van der Waals surface area contributed by atoms with Gasteiger partial charge in [-0.3, -0.25) is 23.4 Å². The summed E-state index contributed by atoms with van der Waals surface area (Å²) in [5.41, 5.74) is 5.14. The number of aromatic nitrogens is 4. The lowest BCUT2D eigenvalue weighted by atomic mass is 10.1. The molecule has 5 N–H and O–H groups in total. The van der Waals surface area contributed by atoms with Crippen molar-refractivity contribution in [1.82, 2.24) is 19.5 Å². The number of hydrogen-bond acceptors (Lipinski definition) is 9. The van der Waals surface area contributed by atoms with E-state index >= 15 is 0 Å². The van der Waals surface area contributed by atoms with E-state index in [0.29, 0.717) is 6.42 Å². The Morgan fingerprint density at radius 2 is 2.28 bits per heavy atom. The highest BCUT2D eigenvalue weighted by Crippen LogP contribution is 2.48. The number of phosphoric acid groups is 1. The Bertz CT molecular complexity index is 882. The first-order chi connectivity index (χ1) is 11.8. The SMILES string of the molecule is CC[C@H]1O[C@@H](n2cnc3c(=O)[nH]c(N)nc32)C(O)C1OP(=O)(O)OC. The first-order valence-corrected chi connectivity index (χ1v) is 8.89. The number of rotatable bonds is 5. The fraction of sp³-hybridized carbons (Fsp3) is 0.583. The van der Waals surface area contributed by atoms with Crippen LogP contribution in [0.4, 0.5) is 5.95 Å². The Labute approximate surface area is 141 Å². The van der Waals surface area contributed by atoms with Gasteiger partial charge in [-0.15, -0.1) is 0 Å². The minimum atomic E-state index is -4.33. The molecule has 1 aliphatic heterocycles. The maximum absolute atomic E-state index is 11.9. The normalized spacial score (nSPS) is 29.1. The van der Waals surface area contributed by atoms with Gasteiger partial charge in [0, 0.05) is 7.11 Å². The Kier molecular flexibility index (Phi) is 4.66. The van der Waals surface area contributed by atoms with Crippen LogP contribution in [0.5, 0.6) is 0 Å². The van der Waals surface area contributed by atoms with Gasteiger partial charge in [0.15, 0.2) is 17.4 Å². The Balaban J connectivity index is 1.99. The van der Waals surface area contributed by atoms with Crippen LogP contribution >= 0.6 is 7.82 Å². The number of phosphoric ester groups is 1. The third-order valence-electron chi connectivity index (χ3n) is 3.92. The van der Waals surface area contributed by atoms with E-state index in [1.807, 2.05) is 0 Å². The van der Waals surface area contributed by atoms with Gasteiger partial charge < -0.3 is 20.5 Å². The van der Waals surface area contributed by atoms with Crippen LogP contribution in [0.2, 0.25) is 0 Å². The van der Waals surface area contributed by atoms with Gasteiger partial charge >= 0.3 is 7.82 Å². The van der Waals surface area contributed by atoms with Crippen LogP contribution in [-0.2, 0) is 18.3 Å². The number of anilines is 1. The molecule has 1 saturated heterocycles. The average molecular weight is 375 g/mol. The summed E-state index contributed by atoms with van der Waals surface area (Å²) in [7, 11) is -3.32. The summed E-state index contributed by atoms with van der Waals surface area (Å²) in [4.78, 5) is 31.6. The zero-order valence-corrected chi connectivity index (χ0v) is 14.3. The molecule has 1 fully saturated rings. The maximum Gasteiger partial charge on any atom is 0.472 e. The lowest BCUT2D eigenvalue weighted by Crippen LogP contribution is -2.33. The number of nitrogens with one attached hydrogen (secondary N) is 1. The van der Waals surface area contributed by atoms with Crippen LogP contribution in [0.3, 0.4) is 0 Å². The second-order valence-corrected chi connectivity index (χ2v) is 6.97. The molecule has 25 heavy (non-hydrogen) atoms. The van der Waals surface area contributed by atoms with E-state index in [1.165, 1.54) is 10.9 Å². The molecule has 3 rings (SSSR count). The highest BCUT2D eigenvalue weighted by atomic mass is 31.2. The number of hydrogen-bond donors (Lipinski definition) is 4. The monoisotopic (exact) mass is 375 g/mol. The summed E-state index contributed by atoms with van der Waals surface area (Å²) in [6.45, 7) is 1.76. The summed E-state index contributed by atoms with van der Waals surface area (Å²) >= 11 is 0. The van der Waals surface area contributed by atoms with Crippen molar-refractivity contribution >= 4 is 24.9 Å². The van der Waals surface area contributed by atoms with Crippen LogP contribution in [0.25, 0.3) is 11.2 Å². The molecule has 0 radical (unpaired) electrons. The number of imidazole rings is 1. The van der Waals surface area contributed by atoms with Crippen molar-refractivity contribution in [2.24, 2.45) is 0 Å². The molecule has 12 nitrogen and oxygen atoms in total. The van der Waals surface area contributed by atoms with Gasteiger partial charge in [0.25, 0.3) is 5.56 Å². The molecule has 13 heteroatoms. The second-order valence-electron chi connectivity index (χ2n) is 5.46. The minimum absolute atomic E-state index is 0.0205. The molecule has 0 spiro atoms. The Morgan fingerprint density at radius 1 is 1.56 bits per heavy atom. The number of H-pyrrole nitrogens is 1. The molecule has 3 heterocycles. The van der Waals surface area contributed by atoms with Gasteiger partial charge in [-0.05, 0) is 6.42 Å². The van der Waals surface area contributed by atoms with E-state index < -0.39 is 37.9 Å².